The molecule has 1 fully saturated rings. The molecule has 0 aromatic rings. The highest BCUT2D eigenvalue weighted by atomic mass is 16.5. The van der Waals surface area contributed by atoms with E-state index in [-0.39, 0.29) is 12.5 Å². The molecule has 0 bridgehead atoms. The van der Waals surface area contributed by atoms with Crippen LogP contribution in [0.4, 0.5) is 0 Å². The monoisotopic (exact) mass is 272 g/mol. The van der Waals surface area contributed by atoms with E-state index >= 15 is 0 Å². The Balaban J connectivity index is 2.52. The molecule has 1 atom stereocenters. The fourth-order valence-corrected chi connectivity index (χ4v) is 2.23. The van der Waals surface area contributed by atoms with Crippen molar-refractivity contribution < 1.29 is 19.4 Å². The van der Waals surface area contributed by atoms with E-state index in [1.165, 1.54) is 0 Å². The quantitative estimate of drug-likeness (QED) is 0.648. The summed E-state index contributed by atoms with van der Waals surface area (Å²) in [6.07, 6.45) is 1.43. The first kappa shape index (κ1) is 15.9. The first-order chi connectivity index (χ1) is 8.87. The van der Waals surface area contributed by atoms with Gasteiger partial charge in [-0.3, -0.25) is 9.59 Å². The smallest absolute Gasteiger partial charge is 0.311 e. The van der Waals surface area contributed by atoms with E-state index in [2.05, 4.69) is 5.32 Å². The van der Waals surface area contributed by atoms with Gasteiger partial charge in [0.1, 0.15) is 0 Å². The molecule has 1 amide bonds. The average molecular weight is 272 g/mol. The van der Waals surface area contributed by atoms with E-state index in [0.717, 1.165) is 0 Å². The highest BCUT2D eigenvalue weighted by molar-refractivity contribution is 5.82. The molecule has 1 aliphatic rings. The molecule has 0 radical (unpaired) electrons. The van der Waals surface area contributed by atoms with Gasteiger partial charge >= 0.3 is 5.97 Å². The van der Waals surface area contributed by atoms with Gasteiger partial charge in [-0.1, -0.05) is 13.8 Å². The van der Waals surface area contributed by atoms with Crippen LogP contribution in [0.25, 0.3) is 0 Å². The molecule has 6 heteroatoms. The van der Waals surface area contributed by atoms with Crippen molar-refractivity contribution in [3.8, 4) is 0 Å². The minimum Gasteiger partial charge on any atom is -0.481 e. The third-order valence-electron chi connectivity index (χ3n) is 3.57. The summed E-state index contributed by atoms with van der Waals surface area (Å²) in [6.45, 7) is 4.94. The lowest BCUT2D eigenvalue weighted by Gasteiger charge is -2.33. The zero-order chi connectivity index (χ0) is 14.5. The minimum atomic E-state index is -0.911. The van der Waals surface area contributed by atoms with Crippen molar-refractivity contribution in [3.05, 3.63) is 0 Å². The Morgan fingerprint density at radius 2 is 1.95 bits per heavy atom. The van der Waals surface area contributed by atoms with Crippen molar-refractivity contribution in [3.63, 3.8) is 0 Å². The highest BCUT2D eigenvalue weighted by Gasteiger charge is 2.40. The molecule has 4 N–H and O–H groups in total. The summed E-state index contributed by atoms with van der Waals surface area (Å²) in [5, 5.41) is 12.0. The Labute approximate surface area is 113 Å². The molecule has 19 heavy (non-hydrogen) atoms. The number of hydrogen-bond donors (Lipinski definition) is 3. The number of nitrogens with two attached hydrogens (primary N) is 1. The summed E-state index contributed by atoms with van der Waals surface area (Å²) in [6, 6.07) is -0.578. The second-order valence-electron chi connectivity index (χ2n) is 5.65. The van der Waals surface area contributed by atoms with E-state index in [0.29, 0.717) is 38.4 Å². The summed E-state index contributed by atoms with van der Waals surface area (Å²) < 4.78 is 5.18. The van der Waals surface area contributed by atoms with Crippen molar-refractivity contribution in [2.75, 3.05) is 19.8 Å². The van der Waals surface area contributed by atoms with Crippen molar-refractivity contribution in [2.24, 2.45) is 17.1 Å². The van der Waals surface area contributed by atoms with Crippen LogP contribution < -0.4 is 11.1 Å². The van der Waals surface area contributed by atoms with Crippen molar-refractivity contribution in [2.45, 2.75) is 39.2 Å². The summed E-state index contributed by atoms with van der Waals surface area (Å²) in [5.41, 5.74) is 4.86. The van der Waals surface area contributed by atoms with Gasteiger partial charge in [0.2, 0.25) is 5.91 Å². The third-order valence-corrected chi connectivity index (χ3v) is 3.57. The van der Waals surface area contributed by atoms with Crippen LogP contribution in [0.15, 0.2) is 0 Å². The Bertz CT molecular complexity index is 325. The highest BCUT2D eigenvalue weighted by Crippen LogP contribution is 2.30. The van der Waals surface area contributed by atoms with Crippen LogP contribution >= 0.6 is 0 Å². The molecule has 110 valence electrons. The number of rotatable bonds is 6. The van der Waals surface area contributed by atoms with Gasteiger partial charge in [-0.05, 0) is 25.2 Å². The van der Waals surface area contributed by atoms with Crippen molar-refractivity contribution >= 4 is 11.9 Å². The first-order valence-corrected chi connectivity index (χ1v) is 6.72. The van der Waals surface area contributed by atoms with Crippen molar-refractivity contribution in [1.82, 2.24) is 5.32 Å². The second-order valence-corrected chi connectivity index (χ2v) is 5.65. The van der Waals surface area contributed by atoms with Crippen LogP contribution in [0.2, 0.25) is 0 Å². The molecule has 6 nitrogen and oxygen atoms in total. The Hall–Kier alpha value is -1.14. The fourth-order valence-electron chi connectivity index (χ4n) is 2.23. The molecule has 1 rings (SSSR count). The second kappa shape index (κ2) is 6.86. The number of ether oxygens (including phenoxy) is 1. The maximum Gasteiger partial charge on any atom is 0.311 e. The van der Waals surface area contributed by atoms with Crippen LogP contribution in [-0.2, 0) is 14.3 Å². The molecule has 0 spiro atoms. The summed E-state index contributed by atoms with van der Waals surface area (Å²) in [5.74, 6) is -0.827. The number of carboxylic acid groups (broad SMARTS) is 1. The summed E-state index contributed by atoms with van der Waals surface area (Å²) >= 11 is 0. The zero-order valence-electron chi connectivity index (χ0n) is 11.6. The number of carboxylic acids is 1. The Morgan fingerprint density at radius 1 is 1.37 bits per heavy atom. The molecule has 0 aromatic heterocycles. The van der Waals surface area contributed by atoms with Gasteiger partial charge in [-0.15, -0.1) is 0 Å². The predicted octanol–water partition coefficient (Wildman–Crippen LogP) is 0.357. The van der Waals surface area contributed by atoms with Gasteiger partial charge in [0.05, 0.1) is 11.5 Å². The van der Waals surface area contributed by atoms with E-state index in [9.17, 15) is 14.7 Å². The van der Waals surface area contributed by atoms with Crippen LogP contribution in [0.5, 0.6) is 0 Å². The molecule has 1 saturated heterocycles. The van der Waals surface area contributed by atoms with Crippen LogP contribution in [0, 0.1) is 11.3 Å². The normalized spacial score (nSPS) is 20.0. The van der Waals surface area contributed by atoms with Gasteiger partial charge in [-0.2, -0.15) is 0 Å². The average Bonchev–Trinajstić information content (AvgIpc) is 2.36. The Morgan fingerprint density at radius 3 is 2.42 bits per heavy atom. The standard InChI is InChI=1S/C13H24N2O4/c1-9(2)7-10(14)11(16)15-8-13(12(17)18)3-5-19-6-4-13/h9-10H,3-8,14H2,1-2H3,(H,15,16)(H,17,18)/t10-/m0/s1. The molecule has 0 aromatic carbocycles. The van der Waals surface area contributed by atoms with E-state index < -0.39 is 17.4 Å². The molecule has 0 aliphatic carbocycles. The maximum atomic E-state index is 11.8. The summed E-state index contributed by atoms with van der Waals surface area (Å²) in [4.78, 5) is 23.2. The van der Waals surface area contributed by atoms with Crippen LogP contribution in [0.3, 0.4) is 0 Å². The molecular formula is C13H24N2O4. The molecule has 1 heterocycles. The summed E-state index contributed by atoms with van der Waals surface area (Å²) in [7, 11) is 0. The fraction of sp³-hybridized carbons (Fsp3) is 0.846. The molecule has 1 aliphatic heterocycles. The largest absolute Gasteiger partial charge is 0.481 e. The Kier molecular flexibility index (Phi) is 5.75. The number of aliphatic carboxylic acids is 1. The number of hydrogen-bond acceptors (Lipinski definition) is 4. The minimum absolute atomic E-state index is 0.121. The lowest BCUT2D eigenvalue weighted by Crippen LogP contribution is -2.50. The lowest BCUT2D eigenvalue weighted by molar-refractivity contribution is -0.154. The van der Waals surface area contributed by atoms with Gasteiger partial charge in [-0.25, -0.2) is 0 Å². The SMILES string of the molecule is CC(C)C[C@H](N)C(=O)NCC1(C(=O)O)CCOCC1. The number of amides is 1. The van der Waals surface area contributed by atoms with E-state index in [1.807, 2.05) is 13.8 Å². The number of carbonyl (C=O) groups excluding carboxylic acids is 1. The number of nitrogens with one attached hydrogen (secondary N) is 1. The van der Waals surface area contributed by atoms with Crippen molar-refractivity contribution in [1.29, 1.82) is 0 Å². The zero-order valence-corrected chi connectivity index (χ0v) is 11.6. The third kappa shape index (κ3) is 4.47. The van der Waals surface area contributed by atoms with Gasteiger partial charge in [0.15, 0.2) is 0 Å². The van der Waals surface area contributed by atoms with E-state index in [1.54, 1.807) is 0 Å². The maximum absolute atomic E-state index is 11.8. The van der Waals surface area contributed by atoms with Gasteiger partial charge < -0.3 is 20.9 Å². The first-order valence-electron chi connectivity index (χ1n) is 6.72. The van der Waals surface area contributed by atoms with Crippen LogP contribution in [0.1, 0.15) is 33.1 Å². The topological polar surface area (TPSA) is 102 Å². The molecule has 0 saturated carbocycles. The lowest BCUT2D eigenvalue weighted by atomic mass is 9.80. The van der Waals surface area contributed by atoms with E-state index in [4.69, 9.17) is 10.5 Å². The molecule has 0 unspecified atom stereocenters. The van der Waals surface area contributed by atoms with Gasteiger partial charge in [0, 0.05) is 19.8 Å². The molecular weight excluding hydrogens is 248 g/mol. The van der Waals surface area contributed by atoms with Crippen LogP contribution in [-0.4, -0.2) is 42.8 Å². The van der Waals surface area contributed by atoms with Gasteiger partial charge in [0.25, 0.3) is 0 Å². The number of carbonyl (C=O) groups is 2. The predicted molar refractivity (Wildman–Crippen MR) is 70.6 cm³/mol.